The molecule has 0 bridgehead atoms. The van der Waals surface area contributed by atoms with Crippen LogP contribution in [0.4, 0.5) is 0 Å². The van der Waals surface area contributed by atoms with E-state index in [0.717, 1.165) is 18.1 Å². The Hall–Kier alpha value is -2.17. The first-order valence-electron chi connectivity index (χ1n) is 8.58. The SMILES string of the molecule is COc1ccc([C@@H]2[C@@H](C=O)[C@H](CC(C)=O)C[C@H](C)[C@H]2C=O)cc1OC. The first-order chi connectivity index (χ1) is 12.0. The number of benzene rings is 1. The number of hydrogen-bond acceptors (Lipinski definition) is 5. The lowest BCUT2D eigenvalue weighted by Gasteiger charge is -2.42. The van der Waals surface area contributed by atoms with Crippen molar-refractivity contribution in [2.24, 2.45) is 23.7 Å². The van der Waals surface area contributed by atoms with Gasteiger partial charge in [-0.15, -0.1) is 0 Å². The fourth-order valence-corrected chi connectivity index (χ4v) is 4.20. The van der Waals surface area contributed by atoms with Crippen molar-refractivity contribution in [1.29, 1.82) is 0 Å². The Balaban J connectivity index is 2.49. The number of hydrogen-bond donors (Lipinski definition) is 0. The zero-order chi connectivity index (χ0) is 18.6. The molecule has 0 heterocycles. The summed E-state index contributed by atoms with van der Waals surface area (Å²) in [5.41, 5.74) is 0.868. The third kappa shape index (κ3) is 3.91. The second-order valence-electron chi connectivity index (χ2n) is 6.95. The molecule has 0 saturated heterocycles. The van der Waals surface area contributed by atoms with Crippen molar-refractivity contribution in [2.75, 3.05) is 14.2 Å². The van der Waals surface area contributed by atoms with Gasteiger partial charge < -0.3 is 23.9 Å². The van der Waals surface area contributed by atoms with Crippen LogP contribution in [0.15, 0.2) is 18.2 Å². The van der Waals surface area contributed by atoms with Crippen molar-refractivity contribution in [3.63, 3.8) is 0 Å². The molecule has 1 saturated carbocycles. The molecule has 0 aromatic heterocycles. The predicted molar refractivity (Wildman–Crippen MR) is 94.0 cm³/mol. The average molecular weight is 346 g/mol. The minimum absolute atomic E-state index is 0.0423. The highest BCUT2D eigenvalue weighted by Crippen LogP contribution is 2.48. The highest BCUT2D eigenvalue weighted by molar-refractivity contribution is 5.76. The molecule has 0 amide bonds. The van der Waals surface area contributed by atoms with Crippen molar-refractivity contribution >= 4 is 18.4 Å². The van der Waals surface area contributed by atoms with Gasteiger partial charge in [0.15, 0.2) is 11.5 Å². The topological polar surface area (TPSA) is 69.7 Å². The summed E-state index contributed by atoms with van der Waals surface area (Å²) < 4.78 is 10.6. The zero-order valence-corrected chi connectivity index (χ0v) is 15.2. The first kappa shape index (κ1) is 19.2. The van der Waals surface area contributed by atoms with Gasteiger partial charge in [0.2, 0.25) is 0 Å². The molecule has 0 aliphatic heterocycles. The standard InChI is InChI=1S/C20H26O5/c1-12-7-15(8-13(2)23)17(11-22)20(16(12)10-21)14-5-6-18(24-3)19(9-14)25-4/h5-6,9-12,15-17,20H,7-8H2,1-4H3/t12-,15-,16+,17-,20-/m0/s1. The molecular weight excluding hydrogens is 320 g/mol. The Kier molecular flexibility index (Phi) is 6.34. The molecule has 5 nitrogen and oxygen atoms in total. The Bertz CT molecular complexity index is 639. The predicted octanol–water partition coefficient (Wildman–Crippen LogP) is 3.05. The van der Waals surface area contributed by atoms with E-state index in [-0.39, 0.29) is 35.4 Å². The van der Waals surface area contributed by atoms with Gasteiger partial charge in [-0.05, 0) is 42.9 Å². The molecule has 136 valence electrons. The molecule has 1 aromatic carbocycles. The Labute approximate surface area is 148 Å². The smallest absolute Gasteiger partial charge is 0.160 e. The van der Waals surface area contributed by atoms with E-state index in [1.807, 2.05) is 19.1 Å². The molecule has 0 radical (unpaired) electrons. The summed E-state index contributed by atoms with van der Waals surface area (Å²) in [6.07, 6.45) is 2.93. The minimum Gasteiger partial charge on any atom is -0.493 e. The van der Waals surface area contributed by atoms with Gasteiger partial charge in [0.1, 0.15) is 18.4 Å². The summed E-state index contributed by atoms with van der Waals surface area (Å²) in [5, 5.41) is 0. The number of carbonyl (C=O) groups is 3. The van der Waals surface area contributed by atoms with E-state index in [9.17, 15) is 14.4 Å². The van der Waals surface area contributed by atoms with Crippen LogP contribution in [-0.2, 0) is 14.4 Å². The van der Waals surface area contributed by atoms with Gasteiger partial charge in [0.05, 0.1) is 14.2 Å². The van der Waals surface area contributed by atoms with Gasteiger partial charge in [0, 0.05) is 24.2 Å². The lowest BCUT2D eigenvalue weighted by Crippen LogP contribution is -2.40. The van der Waals surface area contributed by atoms with Crippen molar-refractivity contribution < 1.29 is 23.9 Å². The second-order valence-corrected chi connectivity index (χ2v) is 6.95. The average Bonchev–Trinajstić information content (AvgIpc) is 2.60. The van der Waals surface area contributed by atoms with Crippen LogP contribution >= 0.6 is 0 Å². The summed E-state index contributed by atoms with van der Waals surface area (Å²) in [5.74, 6) is 0.402. The Morgan fingerprint density at radius 1 is 1.12 bits per heavy atom. The molecule has 25 heavy (non-hydrogen) atoms. The van der Waals surface area contributed by atoms with Gasteiger partial charge in [-0.2, -0.15) is 0 Å². The van der Waals surface area contributed by atoms with Gasteiger partial charge in [-0.1, -0.05) is 13.0 Å². The maximum atomic E-state index is 11.9. The lowest BCUT2D eigenvalue weighted by atomic mass is 9.60. The van der Waals surface area contributed by atoms with E-state index in [1.165, 1.54) is 0 Å². The van der Waals surface area contributed by atoms with Crippen molar-refractivity contribution in [3.8, 4) is 11.5 Å². The quantitative estimate of drug-likeness (QED) is 0.710. The van der Waals surface area contributed by atoms with E-state index in [2.05, 4.69) is 0 Å². The van der Waals surface area contributed by atoms with Gasteiger partial charge >= 0.3 is 0 Å². The maximum Gasteiger partial charge on any atom is 0.160 e. The maximum absolute atomic E-state index is 11.9. The normalized spacial score (nSPS) is 28.9. The molecule has 5 heteroatoms. The highest BCUT2D eigenvalue weighted by atomic mass is 16.5. The fraction of sp³-hybridized carbons (Fsp3) is 0.550. The van der Waals surface area contributed by atoms with Crippen molar-refractivity contribution in [2.45, 2.75) is 32.6 Å². The van der Waals surface area contributed by atoms with Crippen LogP contribution in [0.1, 0.15) is 38.2 Å². The number of Topliss-reactive ketones (excluding diaryl/α,β-unsaturated/α-hetero) is 1. The summed E-state index contributed by atoms with van der Waals surface area (Å²) in [6, 6.07) is 5.50. The van der Waals surface area contributed by atoms with Crippen LogP contribution in [0.3, 0.4) is 0 Å². The van der Waals surface area contributed by atoms with Crippen LogP contribution in [0, 0.1) is 23.7 Å². The Morgan fingerprint density at radius 2 is 1.76 bits per heavy atom. The minimum atomic E-state index is -0.367. The zero-order valence-electron chi connectivity index (χ0n) is 15.2. The number of ketones is 1. The fourth-order valence-electron chi connectivity index (χ4n) is 4.20. The summed E-state index contributed by atoms with van der Waals surface area (Å²) >= 11 is 0. The second kappa shape index (κ2) is 8.28. The number of ether oxygens (including phenoxy) is 2. The third-order valence-electron chi connectivity index (χ3n) is 5.36. The lowest BCUT2D eigenvalue weighted by molar-refractivity contribution is -0.123. The molecule has 1 aliphatic rings. The molecule has 1 aliphatic carbocycles. The summed E-state index contributed by atoms with van der Waals surface area (Å²) in [6.45, 7) is 3.56. The van der Waals surface area contributed by atoms with Gasteiger partial charge in [-0.3, -0.25) is 0 Å². The highest BCUT2D eigenvalue weighted by Gasteiger charge is 2.44. The molecule has 0 N–H and O–H groups in total. The van der Waals surface area contributed by atoms with Crippen molar-refractivity contribution in [1.82, 2.24) is 0 Å². The van der Waals surface area contributed by atoms with E-state index in [0.29, 0.717) is 24.3 Å². The van der Waals surface area contributed by atoms with Crippen LogP contribution in [0.5, 0.6) is 11.5 Å². The van der Waals surface area contributed by atoms with Crippen LogP contribution in [0.25, 0.3) is 0 Å². The summed E-state index contributed by atoms with van der Waals surface area (Å²) in [7, 11) is 3.11. The molecule has 1 fully saturated rings. The third-order valence-corrected chi connectivity index (χ3v) is 5.36. The van der Waals surface area contributed by atoms with E-state index in [1.54, 1.807) is 27.2 Å². The van der Waals surface area contributed by atoms with E-state index >= 15 is 0 Å². The van der Waals surface area contributed by atoms with E-state index in [4.69, 9.17) is 9.47 Å². The molecule has 0 unspecified atom stereocenters. The van der Waals surface area contributed by atoms with Gasteiger partial charge in [0.25, 0.3) is 0 Å². The first-order valence-corrected chi connectivity index (χ1v) is 8.58. The monoisotopic (exact) mass is 346 g/mol. The molecule has 2 rings (SSSR count). The number of carbonyl (C=O) groups excluding carboxylic acids is 3. The number of methoxy groups -OCH3 is 2. The molecule has 5 atom stereocenters. The van der Waals surface area contributed by atoms with E-state index < -0.39 is 0 Å². The van der Waals surface area contributed by atoms with Crippen LogP contribution in [-0.4, -0.2) is 32.6 Å². The Morgan fingerprint density at radius 3 is 2.28 bits per heavy atom. The van der Waals surface area contributed by atoms with Crippen LogP contribution in [0.2, 0.25) is 0 Å². The summed E-state index contributed by atoms with van der Waals surface area (Å²) in [4.78, 5) is 35.3. The molecule has 0 spiro atoms. The largest absolute Gasteiger partial charge is 0.493 e. The van der Waals surface area contributed by atoms with Gasteiger partial charge in [-0.25, -0.2) is 0 Å². The number of aldehydes is 2. The number of rotatable bonds is 7. The van der Waals surface area contributed by atoms with Crippen LogP contribution < -0.4 is 9.47 Å². The molecule has 1 aromatic rings. The van der Waals surface area contributed by atoms with Crippen molar-refractivity contribution in [3.05, 3.63) is 23.8 Å². The molecular formula is C20H26O5.